The van der Waals surface area contributed by atoms with Crippen molar-refractivity contribution in [1.82, 2.24) is 5.32 Å². The number of aliphatic carboxylic acids is 1. The molecule has 2 N–H and O–H groups in total. The van der Waals surface area contributed by atoms with Crippen LogP contribution in [0.4, 0.5) is 8.78 Å². The van der Waals surface area contributed by atoms with E-state index < -0.39 is 29.3 Å². The molecule has 0 heterocycles. The van der Waals surface area contributed by atoms with Crippen LogP contribution in [-0.4, -0.2) is 28.4 Å². The summed E-state index contributed by atoms with van der Waals surface area (Å²) in [5.41, 5.74) is -1.36. The molecular weight excluding hydrogens is 232 g/mol. The molecule has 0 aliphatic heterocycles. The second-order valence-corrected chi connectivity index (χ2v) is 5.05. The highest BCUT2D eigenvalue weighted by Gasteiger charge is 2.39. The topological polar surface area (TPSA) is 66.4 Å². The van der Waals surface area contributed by atoms with Gasteiger partial charge in [-0.15, -0.1) is 0 Å². The van der Waals surface area contributed by atoms with Crippen molar-refractivity contribution < 1.29 is 23.5 Å². The fraction of sp³-hybridized carbons (Fsp3) is 0.818. The Morgan fingerprint density at radius 3 is 2.18 bits per heavy atom. The van der Waals surface area contributed by atoms with E-state index in [1.165, 1.54) is 13.8 Å². The van der Waals surface area contributed by atoms with Crippen LogP contribution in [0.3, 0.4) is 0 Å². The van der Waals surface area contributed by atoms with Gasteiger partial charge >= 0.3 is 5.97 Å². The van der Waals surface area contributed by atoms with Crippen LogP contribution in [-0.2, 0) is 9.59 Å². The summed E-state index contributed by atoms with van der Waals surface area (Å²) >= 11 is 0. The van der Waals surface area contributed by atoms with Crippen molar-refractivity contribution in [3.05, 3.63) is 0 Å². The summed E-state index contributed by atoms with van der Waals surface area (Å²) in [7, 11) is 0. The molecule has 0 spiro atoms. The minimum atomic E-state index is -2.68. The number of carbonyl (C=O) groups is 2. The second kappa shape index (κ2) is 4.58. The Kier molecular flexibility index (Phi) is 3.74. The van der Waals surface area contributed by atoms with Crippen molar-refractivity contribution >= 4 is 11.9 Å². The van der Waals surface area contributed by atoms with Gasteiger partial charge in [0.1, 0.15) is 5.54 Å². The average molecular weight is 249 g/mol. The molecule has 98 valence electrons. The summed E-state index contributed by atoms with van der Waals surface area (Å²) in [6.07, 6.45) is -0.403. The summed E-state index contributed by atoms with van der Waals surface area (Å²) in [6.45, 7) is 2.73. The number of amides is 1. The number of halogens is 2. The van der Waals surface area contributed by atoms with Gasteiger partial charge in [-0.1, -0.05) is 0 Å². The minimum Gasteiger partial charge on any atom is -0.480 e. The highest BCUT2D eigenvalue weighted by molar-refractivity contribution is 5.87. The maximum Gasteiger partial charge on any atom is 0.328 e. The van der Waals surface area contributed by atoms with E-state index >= 15 is 0 Å². The van der Waals surface area contributed by atoms with Crippen LogP contribution in [0.15, 0.2) is 0 Å². The van der Waals surface area contributed by atoms with Crippen molar-refractivity contribution in [3.8, 4) is 0 Å². The number of rotatable bonds is 3. The van der Waals surface area contributed by atoms with Crippen molar-refractivity contribution in [3.63, 3.8) is 0 Å². The summed E-state index contributed by atoms with van der Waals surface area (Å²) < 4.78 is 25.8. The van der Waals surface area contributed by atoms with E-state index in [0.717, 1.165) is 0 Å². The Labute approximate surface area is 98.4 Å². The van der Waals surface area contributed by atoms with Crippen molar-refractivity contribution in [2.75, 3.05) is 0 Å². The fourth-order valence-electron chi connectivity index (χ4n) is 1.77. The van der Waals surface area contributed by atoms with Crippen LogP contribution in [0.2, 0.25) is 0 Å². The zero-order valence-electron chi connectivity index (χ0n) is 9.93. The first-order valence-electron chi connectivity index (χ1n) is 5.57. The smallest absolute Gasteiger partial charge is 0.328 e. The third-order valence-electron chi connectivity index (χ3n) is 3.06. The van der Waals surface area contributed by atoms with E-state index in [1.54, 1.807) is 0 Å². The van der Waals surface area contributed by atoms with E-state index in [2.05, 4.69) is 5.32 Å². The quantitative estimate of drug-likeness (QED) is 0.801. The predicted octanol–water partition coefficient (Wildman–Crippen LogP) is 1.79. The minimum absolute atomic E-state index is 0.106. The van der Waals surface area contributed by atoms with E-state index in [0.29, 0.717) is 0 Å². The highest BCUT2D eigenvalue weighted by atomic mass is 19.3. The standard InChI is InChI=1S/C11H17F2NO3/c1-10(2,9(16)17)14-8(15)7-3-5-11(12,13)6-4-7/h7H,3-6H2,1-2H3,(H,14,15)(H,16,17). The molecule has 0 atom stereocenters. The summed E-state index contributed by atoms with van der Waals surface area (Å²) in [5, 5.41) is 11.2. The van der Waals surface area contributed by atoms with Gasteiger partial charge in [-0.2, -0.15) is 0 Å². The maximum atomic E-state index is 12.9. The number of nitrogens with one attached hydrogen (secondary N) is 1. The normalized spacial score (nSPS) is 20.9. The van der Waals surface area contributed by atoms with Gasteiger partial charge in [0.2, 0.25) is 11.8 Å². The Hall–Kier alpha value is -1.20. The van der Waals surface area contributed by atoms with E-state index in [1.807, 2.05) is 0 Å². The predicted molar refractivity (Wildman–Crippen MR) is 56.8 cm³/mol. The maximum absolute atomic E-state index is 12.9. The van der Waals surface area contributed by atoms with Gasteiger partial charge in [-0.05, 0) is 26.7 Å². The molecule has 0 aromatic heterocycles. The fourth-order valence-corrected chi connectivity index (χ4v) is 1.77. The molecule has 1 aliphatic rings. The molecular formula is C11H17F2NO3. The molecule has 0 aromatic carbocycles. The number of hydrogen-bond acceptors (Lipinski definition) is 2. The van der Waals surface area contributed by atoms with Gasteiger partial charge in [0.15, 0.2) is 0 Å². The SMILES string of the molecule is CC(C)(NC(=O)C1CCC(F)(F)CC1)C(=O)O. The van der Waals surface area contributed by atoms with Crippen molar-refractivity contribution in [2.24, 2.45) is 5.92 Å². The van der Waals surface area contributed by atoms with E-state index in [9.17, 15) is 18.4 Å². The van der Waals surface area contributed by atoms with E-state index in [-0.39, 0.29) is 25.7 Å². The summed E-state index contributed by atoms with van der Waals surface area (Å²) in [4.78, 5) is 22.5. The molecule has 1 rings (SSSR count). The number of alkyl halides is 2. The Bertz CT molecular complexity index is 319. The molecule has 17 heavy (non-hydrogen) atoms. The highest BCUT2D eigenvalue weighted by Crippen LogP contribution is 2.36. The van der Waals surface area contributed by atoms with Crippen LogP contribution in [0.5, 0.6) is 0 Å². The first-order valence-corrected chi connectivity index (χ1v) is 5.57. The molecule has 0 bridgehead atoms. The largest absolute Gasteiger partial charge is 0.480 e. The van der Waals surface area contributed by atoms with E-state index in [4.69, 9.17) is 5.11 Å². The second-order valence-electron chi connectivity index (χ2n) is 5.05. The van der Waals surface area contributed by atoms with Crippen LogP contribution in [0.1, 0.15) is 39.5 Å². The van der Waals surface area contributed by atoms with Gasteiger partial charge in [0, 0.05) is 18.8 Å². The number of carboxylic acid groups (broad SMARTS) is 1. The Morgan fingerprint density at radius 2 is 1.76 bits per heavy atom. The van der Waals surface area contributed by atoms with Crippen molar-refractivity contribution in [1.29, 1.82) is 0 Å². The van der Waals surface area contributed by atoms with Gasteiger partial charge in [-0.25, -0.2) is 13.6 Å². The third kappa shape index (κ3) is 3.64. The lowest BCUT2D eigenvalue weighted by Gasteiger charge is -2.30. The summed E-state index contributed by atoms with van der Waals surface area (Å²) in [5.74, 6) is -4.79. The van der Waals surface area contributed by atoms with Gasteiger partial charge < -0.3 is 10.4 Å². The summed E-state index contributed by atoms with van der Waals surface area (Å²) in [6, 6.07) is 0. The van der Waals surface area contributed by atoms with Crippen molar-refractivity contribution in [2.45, 2.75) is 51.0 Å². The molecule has 0 unspecified atom stereocenters. The van der Waals surface area contributed by atoms with Gasteiger partial charge in [0.25, 0.3) is 0 Å². The zero-order chi connectivity index (χ0) is 13.3. The first kappa shape index (κ1) is 13.9. The Morgan fingerprint density at radius 1 is 1.29 bits per heavy atom. The molecule has 1 fully saturated rings. The Balaban J connectivity index is 2.53. The molecule has 1 saturated carbocycles. The van der Waals surface area contributed by atoms with Crippen LogP contribution >= 0.6 is 0 Å². The number of carbonyl (C=O) groups excluding carboxylic acids is 1. The number of carboxylic acids is 1. The molecule has 0 aromatic rings. The third-order valence-corrected chi connectivity index (χ3v) is 3.06. The number of hydrogen-bond donors (Lipinski definition) is 2. The molecule has 0 saturated heterocycles. The first-order chi connectivity index (χ1) is 7.64. The molecule has 0 radical (unpaired) electrons. The monoisotopic (exact) mass is 249 g/mol. The molecule has 1 amide bonds. The lowest BCUT2D eigenvalue weighted by molar-refractivity contribution is -0.147. The average Bonchev–Trinajstić information content (AvgIpc) is 2.16. The van der Waals surface area contributed by atoms with Crippen LogP contribution in [0, 0.1) is 5.92 Å². The zero-order valence-corrected chi connectivity index (χ0v) is 9.93. The molecule has 4 nitrogen and oxygen atoms in total. The molecule has 6 heteroatoms. The van der Waals surface area contributed by atoms with Crippen LogP contribution < -0.4 is 5.32 Å². The molecule has 1 aliphatic carbocycles. The van der Waals surface area contributed by atoms with Crippen LogP contribution in [0.25, 0.3) is 0 Å². The van der Waals surface area contributed by atoms with Gasteiger partial charge in [-0.3, -0.25) is 4.79 Å². The lowest BCUT2D eigenvalue weighted by atomic mass is 9.85. The lowest BCUT2D eigenvalue weighted by Crippen LogP contribution is -2.52. The van der Waals surface area contributed by atoms with Gasteiger partial charge in [0.05, 0.1) is 0 Å².